The summed E-state index contributed by atoms with van der Waals surface area (Å²) >= 11 is 0. The lowest BCUT2D eigenvalue weighted by Gasteiger charge is -2.17. The maximum Gasteiger partial charge on any atom is 0.254 e. The first-order valence-electron chi connectivity index (χ1n) is 7.55. The molecule has 0 fully saturated rings. The van der Waals surface area contributed by atoms with Gasteiger partial charge in [0.1, 0.15) is 5.76 Å². The monoisotopic (exact) mass is 340 g/mol. The summed E-state index contributed by atoms with van der Waals surface area (Å²) in [6, 6.07) is 9.81. The lowest BCUT2D eigenvalue weighted by atomic mass is 10.1. The molecule has 0 saturated heterocycles. The number of amides is 2. The summed E-state index contributed by atoms with van der Waals surface area (Å²) in [6.07, 6.45) is 0. The molecule has 0 unspecified atom stereocenters. The molecule has 0 saturated carbocycles. The van der Waals surface area contributed by atoms with Gasteiger partial charge in [0.15, 0.2) is 5.82 Å². The van der Waals surface area contributed by atoms with Gasteiger partial charge in [-0.3, -0.25) is 14.4 Å². The van der Waals surface area contributed by atoms with E-state index in [0.717, 1.165) is 0 Å². The molecule has 0 radical (unpaired) electrons. The summed E-state index contributed by atoms with van der Waals surface area (Å²) in [5.41, 5.74) is 0.430. The Hall–Kier alpha value is -3.42. The molecule has 2 aromatic heterocycles. The summed E-state index contributed by atoms with van der Waals surface area (Å²) in [7, 11) is 1.49. The van der Waals surface area contributed by atoms with Gasteiger partial charge in [0.05, 0.1) is 12.1 Å². The maximum atomic E-state index is 12.7. The molecular formula is C17H16N4O4. The molecule has 0 spiro atoms. The molecule has 8 heteroatoms. The second-order valence-corrected chi connectivity index (χ2v) is 5.63. The molecule has 0 atom stereocenters. The first kappa shape index (κ1) is 16.4. The van der Waals surface area contributed by atoms with Gasteiger partial charge in [0, 0.05) is 30.1 Å². The number of pyridine rings is 1. The van der Waals surface area contributed by atoms with Gasteiger partial charge in [-0.2, -0.15) is 0 Å². The van der Waals surface area contributed by atoms with E-state index in [-0.39, 0.29) is 23.5 Å². The predicted molar refractivity (Wildman–Crippen MR) is 91.4 cm³/mol. The fourth-order valence-electron chi connectivity index (χ4n) is 2.48. The summed E-state index contributed by atoms with van der Waals surface area (Å²) in [4.78, 5) is 40.4. The van der Waals surface area contributed by atoms with Gasteiger partial charge in [-0.1, -0.05) is 23.4 Å². The van der Waals surface area contributed by atoms with Crippen molar-refractivity contribution in [2.24, 2.45) is 0 Å². The SMILES string of the molecule is Cc1cc(NC(=O)CN(C)C(=O)c2cc(=O)[nH]c3ccccc23)no1. The van der Waals surface area contributed by atoms with Crippen molar-refractivity contribution in [1.29, 1.82) is 0 Å². The lowest BCUT2D eigenvalue weighted by molar-refractivity contribution is -0.116. The molecule has 3 rings (SSSR count). The number of fused-ring (bicyclic) bond motifs is 1. The molecule has 2 amide bonds. The summed E-state index contributed by atoms with van der Waals surface area (Å²) in [5.74, 6) is 0.00625. The molecule has 1 aromatic carbocycles. The first-order valence-corrected chi connectivity index (χ1v) is 7.55. The Morgan fingerprint density at radius 1 is 1.28 bits per heavy atom. The van der Waals surface area contributed by atoms with Crippen molar-refractivity contribution >= 4 is 28.5 Å². The Kier molecular flexibility index (Phi) is 4.34. The van der Waals surface area contributed by atoms with E-state index in [9.17, 15) is 14.4 Å². The fourth-order valence-corrected chi connectivity index (χ4v) is 2.48. The third-order valence-electron chi connectivity index (χ3n) is 3.60. The maximum absolute atomic E-state index is 12.7. The number of H-pyrrole nitrogens is 1. The zero-order valence-electron chi connectivity index (χ0n) is 13.7. The van der Waals surface area contributed by atoms with Crippen LogP contribution in [0.15, 0.2) is 45.7 Å². The van der Waals surface area contributed by atoms with Gasteiger partial charge in [-0.15, -0.1) is 0 Å². The Labute approximate surface area is 142 Å². The van der Waals surface area contributed by atoms with E-state index in [1.807, 2.05) is 0 Å². The zero-order valence-corrected chi connectivity index (χ0v) is 13.7. The number of rotatable bonds is 4. The van der Waals surface area contributed by atoms with Crippen LogP contribution in [-0.2, 0) is 4.79 Å². The van der Waals surface area contributed by atoms with Crippen LogP contribution in [0.5, 0.6) is 0 Å². The molecule has 0 aliphatic carbocycles. The average molecular weight is 340 g/mol. The van der Waals surface area contributed by atoms with Gasteiger partial charge >= 0.3 is 0 Å². The van der Waals surface area contributed by atoms with E-state index in [2.05, 4.69) is 15.5 Å². The number of carbonyl (C=O) groups excluding carboxylic acids is 2. The molecule has 3 aromatic rings. The zero-order chi connectivity index (χ0) is 18.0. The van der Waals surface area contributed by atoms with Gasteiger partial charge in [-0.25, -0.2) is 0 Å². The van der Waals surface area contributed by atoms with Gasteiger partial charge in [0.2, 0.25) is 11.5 Å². The Balaban J connectivity index is 1.78. The third-order valence-corrected chi connectivity index (χ3v) is 3.60. The van der Waals surface area contributed by atoms with Crippen molar-refractivity contribution in [2.45, 2.75) is 6.92 Å². The molecule has 25 heavy (non-hydrogen) atoms. The first-order chi connectivity index (χ1) is 11.9. The number of nitrogens with one attached hydrogen (secondary N) is 2. The van der Waals surface area contributed by atoms with E-state index in [0.29, 0.717) is 16.7 Å². The topological polar surface area (TPSA) is 108 Å². The molecule has 2 N–H and O–H groups in total. The number of anilines is 1. The number of likely N-dealkylation sites (N-methyl/N-ethyl adjacent to an activating group) is 1. The van der Waals surface area contributed by atoms with Crippen LogP contribution >= 0.6 is 0 Å². The molecule has 0 bridgehead atoms. The molecule has 0 aliphatic rings. The number of para-hydroxylation sites is 1. The standard InChI is InChI=1S/C17H16N4O4/c1-10-7-14(20-25-10)19-16(23)9-21(2)17(24)12-8-15(22)18-13-6-4-3-5-11(12)13/h3-8H,9H2,1-2H3,(H,18,22)(H,19,20,23). The largest absolute Gasteiger partial charge is 0.360 e. The van der Waals surface area contributed by atoms with Crippen LogP contribution in [0.1, 0.15) is 16.1 Å². The molecule has 0 aliphatic heterocycles. The second-order valence-electron chi connectivity index (χ2n) is 5.63. The van der Waals surface area contributed by atoms with E-state index < -0.39 is 11.8 Å². The molecule has 8 nitrogen and oxygen atoms in total. The third kappa shape index (κ3) is 3.57. The second kappa shape index (κ2) is 6.60. The highest BCUT2D eigenvalue weighted by atomic mass is 16.5. The van der Waals surface area contributed by atoms with E-state index >= 15 is 0 Å². The number of aromatic amines is 1. The minimum absolute atomic E-state index is 0.189. The molecule has 128 valence electrons. The van der Waals surface area contributed by atoms with Crippen molar-refractivity contribution in [2.75, 3.05) is 18.9 Å². The minimum atomic E-state index is -0.422. The van der Waals surface area contributed by atoms with Gasteiger partial charge in [-0.05, 0) is 13.0 Å². The predicted octanol–water partition coefficient (Wildman–Crippen LogP) is 1.54. The Bertz CT molecular complexity index is 1010. The fraction of sp³-hybridized carbons (Fsp3) is 0.176. The number of carbonyl (C=O) groups is 2. The van der Waals surface area contributed by atoms with Crippen molar-refractivity contribution in [3.8, 4) is 0 Å². The van der Waals surface area contributed by atoms with Crippen LogP contribution < -0.4 is 10.9 Å². The van der Waals surface area contributed by atoms with Crippen molar-refractivity contribution < 1.29 is 14.1 Å². The van der Waals surface area contributed by atoms with E-state index in [4.69, 9.17) is 4.52 Å². The van der Waals surface area contributed by atoms with Crippen molar-refractivity contribution in [3.63, 3.8) is 0 Å². The Morgan fingerprint density at radius 3 is 2.76 bits per heavy atom. The number of nitrogens with zero attached hydrogens (tertiary/aromatic N) is 2. The van der Waals surface area contributed by atoms with E-state index in [1.165, 1.54) is 18.0 Å². The number of benzene rings is 1. The molecular weight excluding hydrogens is 324 g/mol. The van der Waals surface area contributed by atoms with E-state index in [1.54, 1.807) is 37.3 Å². The highest BCUT2D eigenvalue weighted by molar-refractivity contribution is 6.07. The van der Waals surface area contributed by atoms with Crippen LogP contribution in [0.4, 0.5) is 5.82 Å². The normalized spacial score (nSPS) is 10.6. The minimum Gasteiger partial charge on any atom is -0.360 e. The quantitative estimate of drug-likeness (QED) is 0.749. The highest BCUT2D eigenvalue weighted by Crippen LogP contribution is 2.16. The Morgan fingerprint density at radius 2 is 2.04 bits per heavy atom. The molecule has 2 heterocycles. The van der Waals surface area contributed by atoms with Crippen LogP contribution in [0, 0.1) is 6.92 Å². The van der Waals surface area contributed by atoms with Gasteiger partial charge < -0.3 is 19.7 Å². The van der Waals surface area contributed by atoms with Crippen LogP contribution in [0.25, 0.3) is 10.9 Å². The summed E-state index contributed by atoms with van der Waals surface area (Å²) in [6.45, 7) is 1.52. The van der Waals surface area contributed by atoms with Crippen molar-refractivity contribution in [1.82, 2.24) is 15.0 Å². The number of aromatic nitrogens is 2. The smallest absolute Gasteiger partial charge is 0.254 e. The lowest BCUT2D eigenvalue weighted by Crippen LogP contribution is -2.35. The highest BCUT2D eigenvalue weighted by Gasteiger charge is 2.18. The van der Waals surface area contributed by atoms with Crippen molar-refractivity contribution in [3.05, 3.63) is 58.1 Å². The van der Waals surface area contributed by atoms with Crippen LogP contribution in [0.2, 0.25) is 0 Å². The number of hydrogen-bond donors (Lipinski definition) is 2. The van der Waals surface area contributed by atoms with Crippen LogP contribution in [-0.4, -0.2) is 40.4 Å². The summed E-state index contributed by atoms with van der Waals surface area (Å²) in [5, 5.41) is 6.82. The van der Waals surface area contributed by atoms with Gasteiger partial charge in [0.25, 0.3) is 5.91 Å². The number of aryl methyl sites for hydroxylation is 1. The summed E-state index contributed by atoms with van der Waals surface area (Å²) < 4.78 is 4.87. The average Bonchev–Trinajstić information content (AvgIpc) is 2.97. The number of hydrogen-bond acceptors (Lipinski definition) is 5. The van der Waals surface area contributed by atoms with Crippen LogP contribution in [0.3, 0.4) is 0 Å².